The number of primary amides is 1. The van der Waals surface area contributed by atoms with Gasteiger partial charge in [0.25, 0.3) is 0 Å². The highest BCUT2D eigenvalue weighted by atomic mass is 16.2. The number of hydrogen-bond donors (Lipinski definition) is 3. The number of hydrogen-bond acceptors (Lipinski definition) is 3. The van der Waals surface area contributed by atoms with E-state index in [2.05, 4.69) is 5.32 Å². The molecule has 1 fully saturated rings. The van der Waals surface area contributed by atoms with Crippen molar-refractivity contribution in [3.05, 3.63) is 0 Å². The Bertz CT molecular complexity index is 166. The van der Waals surface area contributed by atoms with Crippen molar-refractivity contribution in [2.75, 3.05) is 26.2 Å². The van der Waals surface area contributed by atoms with E-state index in [9.17, 15) is 4.79 Å². The fraction of sp³-hybridized carbons (Fsp3) is 0.875. The van der Waals surface area contributed by atoms with E-state index in [0.29, 0.717) is 12.6 Å². The highest BCUT2D eigenvalue weighted by Gasteiger charge is 2.19. The van der Waals surface area contributed by atoms with Gasteiger partial charge < -0.3 is 21.7 Å². The van der Waals surface area contributed by atoms with E-state index in [1.54, 1.807) is 4.90 Å². The predicted molar refractivity (Wildman–Crippen MR) is 51.2 cm³/mol. The smallest absolute Gasteiger partial charge is 0.314 e. The summed E-state index contributed by atoms with van der Waals surface area (Å²) in [5, 5.41) is 3.33. The Balaban J connectivity index is 2.18. The number of nitrogens with zero attached hydrogens (tertiary/aromatic N) is 1. The van der Waals surface area contributed by atoms with Crippen LogP contribution in [-0.2, 0) is 0 Å². The number of nitrogens with one attached hydrogen (secondary N) is 1. The van der Waals surface area contributed by atoms with Crippen molar-refractivity contribution in [3.63, 3.8) is 0 Å². The third kappa shape index (κ3) is 3.20. The second-order valence-electron chi connectivity index (χ2n) is 3.34. The Kier molecular flexibility index (Phi) is 3.98. The summed E-state index contributed by atoms with van der Waals surface area (Å²) in [6.45, 7) is 3.03. The van der Waals surface area contributed by atoms with Gasteiger partial charge >= 0.3 is 6.03 Å². The van der Waals surface area contributed by atoms with E-state index in [-0.39, 0.29) is 6.03 Å². The molecule has 13 heavy (non-hydrogen) atoms. The van der Waals surface area contributed by atoms with Crippen LogP contribution < -0.4 is 16.8 Å². The molecule has 5 N–H and O–H groups in total. The molecule has 0 aromatic heterocycles. The summed E-state index contributed by atoms with van der Waals surface area (Å²) in [4.78, 5) is 12.5. The summed E-state index contributed by atoms with van der Waals surface area (Å²) in [7, 11) is 0. The van der Waals surface area contributed by atoms with E-state index in [4.69, 9.17) is 11.5 Å². The maximum atomic E-state index is 10.8. The van der Waals surface area contributed by atoms with Crippen LogP contribution in [0.5, 0.6) is 0 Å². The van der Waals surface area contributed by atoms with Crippen molar-refractivity contribution in [1.29, 1.82) is 0 Å². The van der Waals surface area contributed by atoms with Crippen LogP contribution >= 0.6 is 0 Å². The Labute approximate surface area is 78.4 Å². The molecule has 1 aliphatic rings. The Morgan fingerprint density at radius 2 is 2.08 bits per heavy atom. The van der Waals surface area contributed by atoms with Crippen LogP contribution in [0.15, 0.2) is 0 Å². The summed E-state index contributed by atoms with van der Waals surface area (Å²) in [5.74, 6) is 0. The second kappa shape index (κ2) is 5.04. The molecule has 0 unspecified atom stereocenters. The fourth-order valence-electron chi connectivity index (χ4n) is 1.59. The summed E-state index contributed by atoms with van der Waals surface area (Å²) in [6.07, 6.45) is 1.95. The van der Waals surface area contributed by atoms with Gasteiger partial charge in [0, 0.05) is 32.2 Å². The number of amides is 2. The molecule has 0 bridgehead atoms. The molecule has 1 rings (SSSR count). The number of urea groups is 1. The molecule has 0 radical (unpaired) electrons. The van der Waals surface area contributed by atoms with E-state index in [1.165, 1.54) is 0 Å². The lowest BCUT2D eigenvalue weighted by Crippen LogP contribution is -2.47. The molecule has 2 amide bonds. The first-order valence-electron chi connectivity index (χ1n) is 4.72. The standard InChI is InChI=1S/C8H18N4O/c9-3-4-11-7-1-5-12(6-2-7)8(10)13/h7,11H,1-6,9H2,(H2,10,13). The van der Waals surface area contributed by atoms with Crippen molar-refractivity contribution < 1.29 is 4.79 Å². The van der Waals surface area contributed by atoms with Crippen LogP contribution in [0.4, 0.5) is 4.79 Å². The Morgan fingerprint density at radius 1 is 1.46 bits per heavy atom. The van der Waals surface area contributed by atoms with Crippen LogP contribution in [0.2, 0.25) is 0 Å². The number of likely N-dealkylation sites (tertiary alicyclic amines) is 1. The van der Waals surface area contributed by atoms with Gasteiger partial charge in [-0.05, 0) is 12.8 Å². The highest BCUT2D eigenvalue weighted by molar-refractivity contribution is 5.72. The Morgan fingerprint density at radius 3 is 2.54 bits per heavy atom. The molecule has 76 valence electrons. The Hall–Kier alpha value is -0.810. The van der Waals surface area contributed by atoms with Crippen molar-refractivity contribution in [2.45, 2.75) is 18.9 Å². The summed E-state index contributed by atoms with van der Waals surface area (Å²) in [6, 6.07) is 0.191. The number of piperidine rings is 1. The normalized spacial score (nSPS) is 19.0. The van der Waals surface area contributed by atoms with Crippen LogP contribution in [0.3, 0.4) is 0 Å². The highest BCUT2D eigenvalue weighted by Crippen LogP contribution is 2.09. The molecule has 1 heterocycles. The first-order valence-corrected chi connectivity index (χ1v) is 4.72. The van der Waals surface area contributed by atoms with Gasteiger partial charge in [-0.2, -0.15) is 0 Å². The van der Waals surface area contributed by atoms with E-state index < -0.39 is 0 Å². The van der Waals surface area contributed by atoms with E-state index in [0.717, 1.165) is 32.5 Å². The number of carbonyl (C=O) groups is 1. The molecule has 5 heteroatoms. The zero-order valence-corrected chi connectivity index (χ0v) is 7.83. The van der Waals surface area contributed by atoms with Gasteiger partial charge in [0.1, 0.15) is 0 Å². The zero-order chi connectivity index (χ0) is 9.68. The van der Waals surface area contributed by atoms with Crippen LogP contribution in [0.1, 0.15) is 12.8 Å². The van der Waals surface area contributed by atoms with Gasteiger partial charge in [0.2, 0.25) is 0 Å². The average molecular weight is 186 g/mol. The lowest BCUT2D eigenvalue weighted by atomic mass is 10.1. The van der Waals surface area contributed by atoms with Gasteiger partial charge in [-0.3, -0.25) is 0 Å². The maximum absolute atomic E-state index is 10.8. The molecule has 0 saturated carbocycles. The largest absolute Gasteiger partial charge is 0.351 e. The number of nitrogens with two attached hydrogens (primary N) is 2. The van der Waals surface area contributed by atoms with Gasteiger partial charge in [-0.25, -0.2) is 4.79 Å². The van der Waals surface area contributed by atoms with Crippen molar-refractivity contribution in [2.24, 2.45) is 11.5 Å². The van der Waals surface area contributed by atoms with Crippen LogP contribution in [0, 0.1) is 0 Å². The lowest BCUT2D eigenvalue weighted by molar-refractivity contribution is 0.185. The minimum Gasteiger partial charge on any atom is -0.351 e. The third-order valence-electron chi connectivity index (χ3n) is 2.38. The molecule has 0 atom stereocenters. The fourth-order valence-corrected chi connectivity index (χ4v) is 1.59. The summed E-state index contributed by atoms with van der Waals surface area (Å²) < 4.78 is 0. The van der Waals surface area contributed by atoms with Crippen LogP contribution in [0.25, 0.3) is 0 Å². The monoisotopic (exact) mass is 186 g/mol. The molecular formula is C8H18N4O. The summed E-state index contributed by atoms with van der Waals surface area (Å²) in [5.41, 5.74) is 10.5. The molecule has 5 nitrogen and oxygen atoms in total. The van der Waals surface area contributed by atoms with Crippen molar-refractivity contribution in [1.82, 2.24) is 10.2 Å². The molecule has 0 spiro atoms. The average Bonchev–Trinajstić information content (AvgIpc) is 2.15. The predicted octanol–water partition coefficient (Wildman–Crippen LogP) is -0.922. The number of carbonyl (C=O) groups excluding carboxylic acids is 1. The van der Waals surface area contributed by atoms with E-state index in [1.807, 2.05) is 0 Å². The molecular weight excluding hydrogens is 168 g/mol. The molecule has 1 aliphatic heterocycles. The van der Waals surface area contributed by atoms with Crippen molar-refractivity contribution >= 4 is 6.03 Å². The summed E-state index contributed by atoms with van der Waals surface area (Å²) >= 11 is 0. The third-order valence-corrected chi connectivity index (χ3v) is 2.38. The van der Waals surface area contributed by atoms with Crippen molar-refractivity contribution in [3.8, 4) is 0 Å². The SMILES string of the molecule is NCCNC1CCN(C(N)=O)CC1. The number of rotatable bonds is 3. The lowest BCUT2D eigenvalue weighted by Gasteiger charge is -2.31. The molecule has 0 aromatic rings. The van der Waals surface area contributed by atoms with Crippen LogP contribution in [-0.4, -0.2) is 43.2 Å². The van der Waals surface area contributed by atoms with Gasteiger partial charge in [0.15, 0.2) is 0 Å². The first-order chi connectivity index (χ1) is 6.24. The second-order valence-corrected chi connectivity index (χ2v) is 3.34. The van der Waals surface area contributed by atoms with Gasteiger partial charge in [-0.15, -0.1) is 0 Å². The minimum absolute atomic E-state index is 0.308. The molecule has 0 aromatic carbocycles. The first kappa shape index (κ1) is 10.3. The van der Waals surface area contributed by atoms with Gasteiger partial charge in [-0.1, -0.05) is 0 Å². The quantitative estimate of drug-likeness (QED) is 0.533. The van der Waals surface area contributed by atoms with Gasteiger partial charge in [0.05, 0.1) is 0 Å². The zero-order valence-electron chi connectivity index (χ0n) is 7.83. The minimum atomic E-state index is -0.308. The molecule has 0 aliphatic carbocycles. The maximum Gasteiger partial charge on any atom is 0.314 e. The van der Waals surface area contributed by atoms with E-state index >= 15 is 0 Å². The molecule has 1 saturated heterocycles. The topological polar surface area (TPSA) is 84.4 Å².